The maximum atomic E-state index is 12.9. The van der Waals surface area contributed by atoms with Crippen LogP contribution >= 0.6 is 22.7 Å². The van der Waals surface area contributed by atoms with Crippen LogP contribution in [-0.4, -0.2) is 42.0 Å². The van der Waals surface area contributed by atoms with Crippen molar-refractivity contribution in [1.29, 1.82) is 0 Å². The predicted octanol–water partition coefficient (Wildman–Crippen LogP) is 2.78. The summed E-state index contributed by atoms with van der Waals surface area (Å²) < 4.78 is 1.27. The zero-order valence-corrected chi connectivity index (χ0v) is 17.0. The van der Waals surface area contributed by atoms with Crippen LogP contribution in [0.25, 0.3) is 10.2 Å². The van der Waals surface area contributed by atoms with E-state index in [9.17, 15) is 4.79 Å². The van der Waals surface area contributed by atoms with Crippen LogP contribution in [0.2, 0.25) is 0 Å². The molecule has 1 aliphatic carbocycles. The molecule has 5 rings (SSSR count). The summed E-state index contributed by atoms with van der Waals surface area (Å²) in [6.45, 7) is 4.68. The van der Waals surface area contributed by atoms with Crippen LogP contribution in [0, 0.1) is 0 Å². The Morgan fingerprint density at radius 3 is 2.74 bits per heavy atom. The molecule has 3 aromatic rings. The molecule has 1 aromatic carbocycles. The molecule has 140 valence electrons. The molecule has 0 spiro atoms. The van der Waals surface area contributed by atoms with E-state index in [2.05, 4.69) is 29.2 Å². The van der Waals surface area contributed by atoms with Crippen LogP contribution in [0.3, 0.4) is 0 Å². The molecule has 1 fully saturated rings. The van der Waals surface area contributed by atoms with Gasteiger partial charge < -0.3 is 9.80 Å². The number of amides is 1. The standard InChI is InChI=1S/C21H23N3OS2/c25-21(19-13-15-5-1-3-7-17(15)26-19)24-11-9-23(10-12-24)14-20-22-16-6-2-4-8-18(16)27-20/h2,4,6,8,13H,1,3,5,7,9-12,14H2/p+1. The van der Waals surface area contributed by atoms with E-state index in [1.165, 1.54) is 37.9 Å². The first-order valence-electron chi connectivity index (χ1n) is 9.85. The van der Waals surface area contributed by atoms with Crippen molar-refractivity contribution >= 4 is 38.8 Å². The van der Waals surface area contributed by atoms with Crippen LogP contribution in [-0.2, 0) is 19.4 Å². The first kappa shape index (κ1) is 17.3. The second kappa shape index (κ2) is 7.34. The summed E-state index contributed by atoms with van der Waals surface area (Å²) in [5, 5.41) is 1.21. The minimum absolute atomic E-state index is 0.244. The lowest BCUT2D eigenvalue weighted by atomic mass is 9.99. The highest BCUT2D eigenvalue weighted by molar-refractivity contribution is 7.18. The normalized spacial score (nSPS) is 18.0. The van der Waals surface area contributed by atoms with Gasteiger partial charge in [-0.1, -0.05) is 12.1 Å². The quantitative estimate of drug-likeness (QED) is 0.737. The van der Waals surface area contributed by atoms with Crippen molar-refractivity contribution in [3.63, 3.8) is 0 Å². The maximum Gasteiger partial charge on any atom is 0.264 e. The summed E-state index contributed by atoms with van der Waals surface area (Å²) in [6.07, 6.45) is 4.85. The predicted molar refractivity (Wildman–Crippen MR) is 111 cm³/mol. The van der Waals surface area contributed by atoms with Gasteiger partial charge in [-0.2, -0.15) is 0 Å². The molecular weight excluding hydrogens is 374 g/mol. The molecule has 2 aromatic heterocycles. The van der Waals surface area contributed by atoms with Crippen molar-refractivity contribution < 1.29 is 9.69 Å². The summed E-state index contributed by atoms with van der Waals surface area (Å²) in [6, 6.07) is 10.5. The number of aryl methyl sites for hydroxylation is 2. The molecule has 1 aliphatic heterocycles. The van der Waals surface area contributed by atoms with E-state index < -0.39 is 0 Å². The number of fused-ring (bicyclic) bond motifs is 2. The fourth-order valence-electron chi connectivity index (χ4n) is 4.16. The van der Waals surface area contributed by atoms with Crippen LogP contribution < -0.4 is 4.90 Å². The lowest BCUT2D eigenvalue weighted by Gasteiger charge is -2.31. The molecule has 0 bridgehead atoms. The zero-order chi connectivity index (χ0) is 18.2. The fraction of sp³-hybridized carbons (Fsp3) is 0.429. The molecular formula is C21H24N3OS2+. The molecule has 3 heterocycles. The van der Waals surface area contributed by atoms with E-state index in [0.717, 1.165) is 56.0 Å². The topological polar surface area (TPSA) is 37.6 Å². The van der Waals surface area contributed by atoms with Gasteiger partial charge in [0.05, 0.1) is 41.3 Å². The fourth-order valence-corrected chi connectivity index (χ4v) is 6.42. The molecule has 1 amide bonds. The number of thiophene rings is 1. The Labute approximate surface area is 167 Å². The SMILES string of the molecule is O=C(c1cc2c(s1)CCCC2)N1CC[NH+](Cc2nc3ccccc3s2)CC1. The summed E-state index contributed by atoms with van der Waals surface area (Å²) >= 11 is 3.54. The third-order valence-corrected chi connectivity index (χ3v) is 7.97. The van der Waals surface area contributed by atoms with Gasteiger partial charge in [0.15, 0.2) is 0 Å². The Balaban J connectivity index is 1.20. The molecule has 0 unspecified atom stereocenters. The van der Waals surface area contributed by atoms with Gasteiger partial charge in [0.25, 0.3) is 5.91 Å². The molecule has 0 saturated carbocycles. The monoisotopic (exact) mass is 398 g/mol. The molecule has 6 heteroatoms. The number of piperazine rings is 1. The number of quaternary nitrogens is 1. The molecule has 0 atom stereocenters. The number of aromatic nitrogens is 1. The molecule has 1 saturated heterocycles. The second-order valence-electron chi connectivity index (χ2n) is 7.56. The molecule has 1 N–H and O–H groups in total. The first-order valence-corrected chi connectivity index (χ1v) is 11.5. The third-order valence-electron chi connectivity index (χ3n) is 5.70. The number of hydrogen-bond donors (Lipinski definition) is 1. The van der Waals surface area contributed by atoms with Gasteiger partial charge >= 0.3 is 0 Å². The number of para-hydroxylation sites is 1. The van der Waals surface area contributed by atoms with E-state index in [1.54, 1.807) is 22.7 Å². The average molecular weight is 399 g/mol. The van der Waals surface area contributed by atoms with E-state index in [1.807, 2.05) is 6.07 Å². The second-order valence-corrected chi connectivity index (χ2v) is 9.81. The summed E-state index contributed by atoms with van der Waals surface area (Å²) in [5.74, 6) is 0.244. The largest absolute Gasteiger partial charge is 0.327 e. The van der Waals surface area contributed by atoms with Crippen LogP contribution in [0.4, 0.5) is 0 Å². The van der Waals surface area contributed by atoms with Crippen LogP contribution in [0.5, 0.6) is 0 Å². The van der Waals surface area contributed by atoms with Crippen LogP contribution in [0.15, 0.2) is 30.3 Å². The van der Waals surface area contributed by atoms with Gasteiger partial charge in [-0.05, 0) is 49.4 Å². The molecule has 0 radical (unpaired) electrons. The number of nitrogens with one attached hydrogen (secondary N) is 1. The molecule has 27 heavy (non-hydrogen) atoms. The maximum absolute atomic E-state index is 12.9. The lowest BCUT2D eigenvalue weighted by molar-refractivity contribution is -0.917. The Bertz CT molecular complexity index is 912. The number of hydrogen-bond acceptors (Lipinski definition) is 4. The van der Waals surface area contributed by atoms with Crippen molar-refractivity contribution in [3.8, 4) is 0 Å². The minimum Gasteiger partial charge on any atom is -0.327 e. The lowest BCUT2D eigenvalue weighted by Crippen LogP contribution is -3.13. The number of carbonyl (C=O) groups excluding carboxylic acids is 1. The highest BCUT2D eigenvalue weighted by Gasteiger charge is 2.27. The number of benzene rings is 1. The van der Waals surface area contributed by atoms with E-state index in [4.69, 9.17) is 4.98 Å². The van der Waals surface area contributed by atoms with Crippen molar-refractivity contribution in [3.05, 3.63) is 50.7 Å². The van der Waals surface area contributed by atoms with E-state index >= 15 is 0 Å². The Morgan fingerprint density at radius 1 is 1.11 bits per heavy atom. The van der Waals surface area contributed by atoms with Gasteiger partial charge in [-0.25, -0.2) is 4.98 Å². The van der Waals surface area contributed by atoms with Crippen LogP contribution in [0.1, 0.15) is 38.0 Å². The van der Waals surface area contributed by atoms with Gasteiger partial charge in [0.2, 0.25) is 0 Å². The van der Waals surface area contributed by atoms with Gasteiger partial charge in [-0.15, -0.1) is 22.7 Å². The number of thiazole rings is 1. The van der Waals surface area contributed by atoms with Gasteiger partial charge in [0, 0.05) is 4.88 Å². The van der Waals surface area contributed by atoms with Gasteiger partial charge in [0.1, 0.15) is 11.6 Å². The average Bonchev–Trinajstić information content (AvgIpc) is 3.31. The zero-order valence-electron chi connectivity index (χ0n) is 15.4. The first-order chi connectivity index (χ1) is 13.3. The summed E-state index contributed by atoms with van der Waals surface area (Å²) in [4.78, 5) is 23.7. The van der Waals surface area contributed by atoms with Crippen molar-refractivity contribution in [1.82, 2.24) is 9.88 Å². The van der Waals surface area contributed by atoms with Crippen molar-refractivity contribution in [2.45, 2.75) is 32.2 Å². The Hall–Kier alpha value is -1.76. The van der Waals surface area contributed by atoms with E-state index in [-0.39, 0.29) is 5.91 Å². The third kappa shape index (κ3) is 3.53. The highest BCUT2D eigenvalue weighted by Crippen LogP contribution is 2.30. The van der Waals surface area contributed by atoms with Crippen molar-refractivity contribution in [2.24, 2.45) is 0 Å². The summed E-state index contributed by atoms with van der Waals surface area (Å²) in [5.41, 5.74) is 2.53. The Kier molecular flexibility index (Phi) is 4.71. The van der Waals surface area contributed by atoms with Crippen molar-refractivity contribution in [2.75, 3.05) is 26.2 Å². The molecule has 2 aliphatic rings. The highest BCUT2D eigenvalue weighted by atomic mass is 32.1. The number of rotatable bonds is 3. The van der Waals surface area contributed by atoms with E-state index in [0.29, 0.717) is 0 Å². The van der Waals surface area contributed by atoms with Gasteiger partial charge in [-0.3, -0.25) is 4.79 Å². The number of nitrogens with zero attached hydrogens (tertiary/aromatic N) is 2. The molecule has 4 nitrogen and oxygen atoms in total. The number of carbonyl (C=O) groups is 1. The summed E-state index contributed by atoms with van der Waals surface area (Å²) in [7, 11) is 0. The Morgan fingerprint density at radius 2 is 1.93 bits per heavy atom. The smallest absolute Gasteiger partial charge is 0.264 e. The minimum atomic E-state index is 0.244.